The maximum Gasteiger partial charge on any atom is 0.140 e. The molecular weight excluding hydrogens is 359 g/mol. The number of thiazole rings is 1. The van der Waals surface area contributed by atoms with Gasteiger partial charge in [0.05, 0.1) is 25.8 Å². The first kappa shape index (κ1) is 14.2. The van der Waals surface area contributed by atoms with Gasteiger partial charge in [0.2, 0.25) is 0 Å². The standard InChI is InChI=1S/C16H7Cl3N2S/c17-10-6-8-5-9(15(19)20-13(8)7-11(10)18)16-21-12-3-1-2-4-14(12)22-16/h1-7H. The molecular formula is C16H7Cl3N2S. The Bertz CT molecular complexity index is 994. The molecule has 0 fully saturated rings. The zero-order valence-corrected chi connectivity index (χ0v) is 14.1. The van der Waals surface area contributed by atoms with Gasteiger partial charge in [0.15, 0.2) is 0 Å². The summed E-state index contributed by atoms with van der Waals surface area (Å²) in [5.74, 6) is 0. The first-order valence-electron chi connectivity index (χ1n) is 6.43. The topological polar surface area (TPSA) is 25.8 Å². The van der Waals surface area contributed by atoms with Crippen molar-refractivity contribution in [3.63, 3.8) is 0 Å². The highest BCUT2D eigenvalue weighted by Gasteiger charge is 2.13. The number of fused-ring (bicyclic) bond motifs is 2. The second-order valence-electron chi connectivity index (χ2n) is 4.77. The first-order chi connectivity index (χ1) is 10.6. The number of rotatable bonds is 1. The van der Waals surface area contributed by atoms with E-state index >= 15 is 0 Å². The summed E-state index contributed by atoms with van der Waals surface area (Å²) < 4.78 is 1.11. The maximum atomic E-state index is 6.34. The van der Waals surface area contributed by atoms with E-state index in [9.17, 15) is 0 Å². The summed E-state index contributed by atoms with van der Waals surface area (Å²) in [6, 6.07) is 13.4. The van der Waals surface area contributed by atoms with Gasteiger partial charge in [-0.15, -0.1) is 11.3 Å². The van der Waals surface area contributed by atoms with Crippen LogP contribution in [0.2, 0.25) is 15.2 Å². The predicted octanol–water partition coefficient (Wildman–Crippen LogP) is 6.47. The molecule has 0 atom stereocenters. The van der Waals surface area contributed by atoms with Crippen molar-refractivity contribution >= 4 is 67.3 Å². The molecule has 0 bridgehead atoms. The van der Waals surface area contributed by atoms with E-state index in [1.807, 2.05) is 30.3 Å². The van der Waals surface area contributed by atoms with Crippen LogP contribution in [0.5, 0.6) is 0 Å². The highest BCUT2D eigenvalue weighted by atomic mass is 35.5. The molecule has 0 aliphatic heterocycles. The largest absolute Gasteiger partial charge is 0.236 e. The van der Waals surface area contributed by atoms with E-state index in [2.05, 4.69) is 9.97 Å². The lowest BCUT2D eigenvalue weighted by atomic mass is 10.1. The van der Waals surface area contributed by atoms with E-state index in [0.29, 0.717) is 20.7 Å². The fourth-order valence-electron chi connectivity index (χ4n) is 2.28. The zero-order chi connectivity index (χ0) is 15.3. The van der Waals surface area contributed by atoms with Crippen LogP contribution in [0, 0.1) is 0 Å². The van der Waals surface area contributed by atoms with Gasteiger partial charge < -0.3 is 0 Å². The van der Waals surface area contributed by atoms with Gasteiger partial charge in [0, 0.05) is 10.9 Å². The number of halogens is 3. The molecule has 108 valence electrons. The molecule has 0 saturated carbocycles. The van der Waals surface area contributed by atoms with Crippen molar-refractivity contribution in [3.05, 3.63) is 57.7 Å². The Morgan fingerprint density at radius 1 is 0.818 bits per heavy atom. The lowest BCUT2D eigenvalue weighted by Gasteiger charge is -2.05. The van der Waals surface area contributed by atoms with Gasteiger partial charge in [-0.25, -0.2) is 9.97 Å². The van der Waals surface area contributed by atoms with E-state index in [0.717, 1.165) is 26.2 Å². The smallest absolute Gasteiger partial charge is 0.140 e. The lowest BCUT2D eigenvalue weighted by Crippen LogP contribution is -1.86. The molecule has 22 heavy (non-hydrogen) atoms. The molecule has 0 aliphatic carbocycles. The summed E-state index contributed by atoms with van der Waals surface area (Å²) in [5, 5.41) is 3.09. The summed E-state index contributed by atoms with van der Waals surface area (Å²) >= 11 is 20.0. The third kappa shape index (κ3) is 2.34. The van der Waals surface area contributed by atoms with Crippen molar-refractivity contribution in [2.75, 3.05) is 0 Å². The summed E-state index contributed by atoms with van der Waals surface area (Å²) in [6.45, 7) is 0. The fourth-order valence-corrected chi connectivity index (χ4v) is 3.89. The molecule has 2 nitrogen and oxygen atoms in total. The van der Waals surface area contributed by atoms with Crippen LogP contribution in [0.4, 0.5) is 0 Å². The van der Waals surface area contributed by atoms with Crippen molar-refractivity contribution in [2.24, 2.45) is 0 Å². The third-order valence-electron chi connectivity index (χ3n) is 3.33. The number of aromatic nitrogens is 2. The van der Waals surface area contributed by atoms with Gasteiger partial charge >= 0.3 is 0 Å². The Labute approximate surface area is 145 Å². The second kappa shape index (κ2) is 5.36. The van der Waals surface area contributed by atoms with Crippen LogP contribution in [0.1, 0.15) is 0 Å². The molecule has 0 N–H and O–H groups in total. The summed E-state index contributed by atoms with van der Waals surface area (Å²) in [6.07, 6.45) is 0. The average Bonchev–Trinajstić information content (AvgIpc) is 2.92. The molecule has 2 heterocycles. The van der Waals surface area contributed by atoms with Crippen molar-refractivity contribution in [1.82, 2.24) is 9.97 Å². The van der Waals surface area contributed by atoms with Crippen LogP contribution in [-0.4, -0.2) is 9.97 Å². The van der Waals surface area contributed by atoms with Gasteiger partial charge in [-0.3, -0.25) is 0 Å². The maximum absolute atomic E-state index is 6.34. The summed E-state index contributed by atoms with van der Waals surface area (Å²) in [7, 11) is 0. The van der Waals surface area contributed by atoms with Gasteiger partial charge in [-0.1, -0.05) is 46.9 Å². The molecule has 0 saturated heterocycles. The van der Waals surface area contributed by atoms with E-state index in [4.69, 9.17) is 34.8 Å². The number of nitrogens with zero attached hydrogens (tertiary/aromatic N) is 2. The summed E-state index contributed by atoms with van der Waals surface area (Å²) in [4.78, 5) is 9.04. The van der Waals surface area contributed by atoms with E-state index in [1.165, 1.54) is 0 Å². The number of pyridine rings is 1. The van der Waals surface area contributed by atoms with Crippen molar-refractivity contribution in [2.45, 2.75) is 0 Å². The van der Waals surface area contributed by atoms with Crippen LogP contribution in [0.3, 0.4) is 0 Å². The Kier molecular flexibility index (Phi) is 3.46. The number of hydrogen-bond acceptors (Lipinski definition) is 3. The molecule has 6 heteroatoms. The predicted molar refractivity (Wildman–Crippen MR) is 95.4 cm³/mol. The first-order valence-corrected chi connectivity index (χ1v) is 8.38. The Morgan fingerprint density at radius 2 is 1.59 bits per heavy atom. The molecule has 4 aromatic rings. The van der Waals surface area contributed by atoms with Crippen LogP contribution in [-0.2, 0) is 0 Å². The fraction of sp³-hybridized carbons (Fsp3) is 0. The molecule has 2 aromatic carbocycles. The van der Waals surface area contributed by atoms with Crippen LogP contribution < -0.4 is 0 Å². The Hall–Kier alpha value is -1.39. The molecule has 0 spiro atoms. The number of para-hydroxylation sites is 1. The second-order valence-corrected chi connectivity index (χ2v) is 6.98. The van der Waals surface area contributed by atoms with Gasteiger partial charge in [-0.2, -0.15) is 0 Å². The highest BCUT2D eigenvalue weighted by Crippen LogP contribution is 2.36. The van der Waals surface area contributed by atoms with E-state index < -0.39 is 0 Å². The molecule has 2 aromatic heterocycles. The van der Waals surface area contributed by atoms with Crippen molar-refractivity contribution in [3.8, 4) is 10.6 Å². The van der Waals surface area contributed by atoms with Gasteiger partial charge in [0.25, 0.3) is 0 Å². The minimum absolute atomic E-state index is 0.407. The van der Waals surface area contributed by atoms with Crippen LogP contribution >= 0.6 is 46.1 Å². The van der Waals surface area contributed by atoms with Gasteiger partial charge in [-0.05, 0) is 30.3 Å². The van der Waals surface area contributed by atoms with E-state index in [-0.39, 0.29) is 0 Å². The number of benzene rings is 2. The molecule has 0 unspecified atom stereocenters. The minimum Gasteiger partial charge on any atom is -0.236 e. The van der Waals surface area contributed by atoms with E-state index in [1.54, 1.807) is 23.5 Å². The van der Waals surface area contributed by atoms with Gasteiger partial charge in [0.1, 0.15) is 10.2 Å². The quantitative estimate of drug-likeness (QED) is 0.361. The van der Waals surface area contributed by atoms with Crippen molar-refractivity contribution in [1.29, 1.82) is 0 Å². The van der Waals surface area contributed by atoms with Crippen LogP contribution in [0.15, 0.2) is 42.5 Å². The van der Waals surface area contributed by atoms with Crippen LogP contribution in [0.25, 0.3) is 31.7 Å². The Balaban J connectivity index is 1.97. The molecule has 0 aliphatic rings. The normalized spacial score (nSPS) is 11.4. The minimum atomic E-state index is 0.407. The third-order valence-corrected chi connectivity index (χ3v) is 5.41. The molecule has 0 radical (unpaired) electrons. The monoisotopic (exact) mass is 364 g/mol. The summed E-state index contributed by atoms with van der Waals surface area (Å²) in [5.41, 5.74) is 2.46. The highest BCUT2D eigenvalue weighted by molar-refractivity contribution is 7.21. The molecule has 4 rings (SSSR count). The lowest BCUT2D eigenvalue weighted by molar-refractivity contribution is 1.39. The average molecular weight is 366 g/mol. The number of hydrogen-bond donors (Lipinski definition) is 0. The molecule has 0 amide bonds. The zero-order valence-electron chi connectivity index (χ0n) is 11.0. The van der Waals surface area contributed by atoms with Crippen molar-refractivity contribution < 1.29 is 0 Å². The Morgan fingerprint density at radius 3 is 2.41 bits per heavy atom. The SMILES string of the molecule is Clc1cc2cc(-c3nc4ccccc4s3)c(Cl)nc2cc1Cl.